The highest BCUT2D eigenvalue weighted by Gasteiger charge is 2.75. The van der Waals surface area contributed by atoms with Crippen LogP contribution in [0.5, 0.6) is 0 Å². The lowest BCUT2D eigenvalue weighted by Gasteiger charge is -2.45. The van der Waals surface area contributed by atoms with Crippen LogP contribution in [0.15, 0.2) is 0 Å². The molecule has 0 aromatic carbocycles. The van der Waals surface area contributed by atoms with Crippen molar-refractivity contribution in [3.05, 3.63) is 0 Å². The quantitative estimate of drug-likeness (QED) is 0.716. The molecule has 0 aromatic heterocycles. The van der Waals surface area contributed by atoms with Gasteiger partial charge in [0.25, 0.3) is 0 Å². The Morgan fingerprint density at radius 3 is 2.00 bits per heavy atom. The molecule has 3 fully saturated rings. The van der Waals surface area contributed by atoms with Crippen LogP contribution in [0, 0.1) is 22.2 Å². The molecule has 16 heavy (non-hydrogen) atoms. The van der Waals surface area contributed by atoms with Gasteiger partial charge in [-0.15, -0.1) is 0 Å². The number of aliphatic hydroxyl groups is 1. The van der Waals surface area contributed by atoms with E-state index < -0.39 is 0 Å². The summed E-state index contributed by atoms with van der Waals surface area (Å²) in [4.78, 5) is 0. The van der Waals surface area contributed by atoms with Gasteiger partial charge in [0.05, 0.1) is 5.60 Å². The van der Waals surface area contributed by atoms with E-state index >= 15 is 0 Å². The van der Waals surface area contributed by atoms with E-state index in [4.69, 9.17) is 0 Å². The number of rotatable bonds is 1. The summed E-state index contributed by atoms with van der Waals surface area (Å²) in [6.07, 6.45) is 7.74. The van der Waals surface area contributed by atoms with E-state index in [9.17, 15) is 5.11 Å². The molecule has 92 valence electrons. The lowest BCUT2D eigenvalue weighted by atomic mass is 9.59. The molecule has 3 aliphatic carbocycles. The van der Waals surface area contributed by atoms with Crippen molar-refractivity contribution >= 4 is 0 Å². The first-order valence-electron chi connectivity index (χ1n) is 6.98. The smallest absolute Gasteiger partial charge is 0.0653 e. The fourth-order valence-electron chi connectivity index (χ4n) is 5.35. The molecule has 1 heteroatoms. The third-order valence-electron chi connectivity index (χ3n) is 6.97. The molecule has 0 heterocycles. The predicted molar refractivity (Wildman–Crippen MR) is 66.1 cm³/mol. The van der Waals surface area contributed by atoms with Crippen molar-refractivity contribution in [1.29, 1.82) is 0 Å². The molecule has 0 aliphatic heterocycles. The minimum Gasteiger partial charge on any atom is -0.390 e. The summed E-state index contributed by atoms with van der Waals surface area (Å²) in [5.41, 5.74) is 1.09. The Hall–Kier alpha value is -0.0400. The van der Waals surface area contributed by atoms with Gasteiger partial charge >= 0.3 is 0 Å². The van der Waals surface area contributed by atoms with Gasteiger partial charge in [-0.3, -0.25) is 0 Å². The van der Waals surface area contributed by atoms with E-state index in [2.05, 4.69) is 27.7 Å². The summed E-state index contributed by atoms with van der Waals surface area (Å²) < 4.78 is 0. The zero-order chi connectivity index (χ0) is 11.8. The van der Waals surface area contributed by atoms with Gasteiger partial charge in [0, 0.05) is 0 Å². The van der Waals surface area contributed by atoms with Crippen molar-refractivity contribution in [1.82, 2.24) is 0 Å². The molecule has 0 bridgehead atoms. The van der Waals surface area contributed by atoms with Gasteiger partial charge in [-0.25, -0.2) is 0 Å². The first kappa shape index (κ1) is 11.1. The SMILES string of the molecule is CC1(C)CCC[C@]1(C)[C@@]12CC[C@@](C)(O)[C@@H]1C2. The maximum absolute atomic E-state index is 10.4. The van der Waals surface area contributed by atoms with E-state index in [1.54, 1.807) is 0 Å². The number of hydrogen-bond acceptors (Lipinski definition) is 1. The summed E-state index contributed by atoms with van der Waals surface area (Å²) in [6, 6.07) is 0. The van der Waals surface area contributed by atoms with Gasteiger partial charge in [0.2, 0.25) is 0 Å². The standard InChI is InChI=1S/C15H26O/c1-12(2)6-5-7-14(12,4)15-9-8-13(3,16)11(15)10-15/h11,16H,5-10H2,1-4H3/t11-,13+,14-,15+/m0/s1. The summed E-state index contributed by atoms with van der Waals surface area (Å²) in [7, 11) is 0. The van der Waals surface area contributed by atoms with Crippen LogP contribution >= 0.6 is 0 Å². The van der Waals surface area contributed by atoms with Gasteiger partial charge in [-0.1, -0.05) is 27.2 Å². The molecular weight excluding hydrogens is 196 g/mol. The molecule has 1 N–H and O–H groups in total. The largest absolute Gasteiger partial charge is 0.390 e. The van der Waals surface area contributed by atoms with E-state index in [1.807, 2.05) is 0 Å². The van der Waals surface area contributed by atoms with Crippen molar-refractivity contribution in [3.63, 3.8) is 0 Å². The zero-order valence-electron chi connectivity index (χ0n) is 11.3. The van der Waals surface area contributed by atoms with Crippen molar-refractivity contribution < 1.29 is 5.11 Å². The van der Waals surface area contributed by atoms with Crippen LogP contribution < -0.4 is 0 Å². The maximum Gasteiger partial charge on any atom is 0.0653 e. The summed E-state index contributed by atoms with van der Waals surface area (Å²) in [5, 5.41) is 10.4. The summed E-state index contributed by atoms with van der Waals surface area (Å²) >= 11 is 0. The molecule has 3 aliphatic rings. The summed E-state index contributed by atoms with van der Waals surface area (Å²) in [5.74, 6) is 0.599. The molecule has 0 saturated heterocycles. The van der Waals surface area contributed by atoms with Gasteiger partial charge < -0.3 is 5.11 Å². The molecule has 3 rings (SSSR count). The first-order valence-corrected chi connectivity index (χ1v) is 6.98. The molecule has 4 atom stereocenters. The average Bonchev–Trinajstić information content (AvgIpc) is 2.78. The Morgan fingerprint density at radius 1 is 0.938 bits per heavy atom. The van der Waals surface area contributed by atoms with E-state index in [0.717, 1.165) is 6.42 Å². The van der Waals surface area contributed by atoms with Crippen LogP contribution in [-0.4, -0.2) is 10.7 Å². The van der Waals surface area contributed by atoms with Crippen molar-refractivity contribution in [2.75, 3.05) is 0 Å². The average molecular weight is 222 g/mol. The number of fused-ring (bicyclic) bond motifs is 1. The van der Waals surface area contributed by atoms with Crippen LogP contribution in [0.3, 0.4) is 0 Å². The van der Waals surface area contributed by atoms with Gasteiger partial charge in [-0.2, -0.15) is 0 Å². The fraction of sp³-hybridized carbons (Fsp3) is 1.00. The maximum atomic E-state index is 10.4. The molecule has 0 aromatic rings. The molecule has 0 amide bonds. The van der Waals surface area contributed by atoms with Crippen molar-refractivity contribution in [3.8, 4) is 0 Å². The monoisotopic (exact) mass is 222 g/mol. The van der Waals surface area contributed by atoms with Crippen LogP contribution in [0.1, 0.15) is 66.2 Å². The van der Waals surface area contributed by atoms with E-state index in [1.165, 1.54) is 32.1 Å². The third-order valence-corrected chi connectivity index (χ3v) is 6.97. The van der Waals surface area contributed by atoms with Crippen LogP contribution in [0.25, 0.3) is 0 Å². The normalized spacial score (nSPS) is 58.7. The molecule has 0 radical (unpaired) electrons. The minimum absolute atomic E-state index is 0.359. The Bertz CT molecular complexity index is 330. The summed E-state index contributed by atoms with van der Waals surface area (Å²) in [6.45, 7) is 9.49. The first-order chi connectivity index (χ1) is 7.25. The van der Waals surface area contributed by atoms with E-state index in [-0.39, 0.29) is 5.60 Å². The lowest BCUT2D eigenvalue weighted by Crippen LogP contribution is -2.39. The topological polar surface area (TPSA) is 20.2 Å². The third kappa shape index (κ3) is 1.02. The Balaban J connectivity index is 1.96. The second-order valence-electron chi connectivity index (χ2n) is 7.84. The number of hydrogen-bond donors (Lipinski definition) is 1. The van der Waals surface area contributed by atoms with Crippen LogP contribution in [-0.2, 0) is 0 Å². The predicted octanol–water partition coefficient (Wildman–Crippen LogP) is 3.75. The van der Waals surface area contributed by atoms with Crippen LogP contribution in [0.4, 0.5) is 0 Å². The van der Waals surface area contributed by atoms with Crippen molar-refractivity contribution in [2.24, 2.45) is 22.2 Å². The van der Waals surface area contributed by atoms with Crippen molar-refractivity contribution in [2.45, 2.75) is 71.8 Å². The minimum atomic E-state index is -0.359. The van der Waals surface area contributed by atoms with Gasteiger partial charge in [-0.05, 0) is 61.2 Å². The van der Waals surface area contributed by atoms with Crippen LogP contribution in [0.2, 0.25) is 0 Å². The van der Waals surface area contributed by atoms with E-state index in [0.29, 0.717) is 22.2 Å². The Kier molecular flexibility index (Phi) is 1.86. The highest BCUT2D eigenvalue weighted by molar-refractivity contribution is 5.24. The zero-order valence-corrected chi connectivity index (χ0v) is 11.3. The lowest BCUT2D eigenvalue weighted by molar-refractivity contribution is 0.0142. The molecule has 0 spiro atoms. The molecular formula is C15H26O. The van der Waals surface area contributed by atoms with Gasteiger partial charge in [0.15, 0.2) is 0 Å². The highest BCUT2D eigenvalue weighted by atomic mass is 16.3. The Morgan fingerprint density at radius 2 is 1.62 bits per heavy atom. The fourth-order valence-corrected chi connectivity index (χ4v) is 5.35. The van der Waals surface area contributed by atoms with Gasteiger partial charge in [0.1, 0.15) is 0 Å². The second-order valence-corrected chi connectivity index (χ2v) is 7.84. The Labute approximate surface area is 99.6 Å². The molecule has 1 nitrogen and oxygen atoms in total. The molecule has 3 saturated carbocycles. The molecule has 0 unspecified atom stereocenters. The highest BCUT2D eigenvalue weighted by Crippen LogP contribution is 2.80. The second kappa shape index (κ2) is 2.68.